The molecule has 0 atom stereocenters. The van der Waals surface area contributed by atoms with Crippen LogP contribution in [-0.2, 0) is 0 Å². The van der Waals surface area contributed by atoms with E-state index in [-0.39, 0.29) is 5.56 Å². The summed E-state index contributed by atoms with van der Waals surface area (Å²) in [5.74, 6) is -2.29. The van der Waals surface area contributed by atoms with Gasteiger partial charge in [0.15, 0.2) is 5.13 Å². The minimum atomic E-state index is -0.904. The number of benzene rings is 2. The Balaban J connectivity index is 1.83. The van der Waals surface area contributed by atoms with E-state index in [1.165, 1.54) is 11.3 Å². The second kappa shape index (κ2) is 6.49. The Morgan fingerprint density at radius 2 is 1.92 bits per heavy atom. The summed E-state index contributed by atoms with van der Waals surface area (Å²) in [6, 6.07) is 8.88. The van der Waals surface area contributed by atoms with Gasteiger partial charge in [-0.25, -0.2) is 13.8 Å². The summed E-state index contributed by atoms with van der Waals surface area (Å²) in [6.07, 6.45) is 0. The average Bonchev–Trinajstić information content (AvgIpc) is 2.97. The predicted octanol–water partition coefficient (Wildman–Crippen LogP) is 4.96. The Bertz CT molecular complexity index is 921. The molecule has 1 aromatic heterocycles. The fourth-order valence-electron chi connectivity index (χ4n) is 2.30. The van der Waals surface area contributed by atoms with Gasteiger partial charge in [-0.15, -0.1) is 11.3 Å². The van der Waals surface area contributed by atoms with Crippen molar-refractivity contribution in [3.8, 4) is 11.3 Å². The molecule has 3 rings (SSSR count). The molecule has 1 N–H and O–H groups in total. The maximum atomic E-state index is 13.7. The van der Waals surface area contributed by atoms with Crippen LogP contribution in [0.5, 0.6) is 0 Å². The molecule has 2 aromatic carbocycles. The van der Waals surface area contributed by atoms with Crippen molar-refractivity contribution >= 4 is 22.4 Å². The number of aromatic nitrogens is 1. The molecule has 1 amide bonds. The Morgan fingerprint density at radius 3 is 2.67 bits per heavy atom. The Labute approximate surface area is 142 Å². The molecule has 0 spiro atoms. The third-order valence-electron chi connectivity index (χ3n) is 3.57. The van der Waals surface area contributed by atoms with E-state index in [4.69, 9.17) is 0 Å². The van der Waals surface area contributed by atoms with Gasteiger partial charge in [-0.2, -0.15) is 0 Å². The number of nitrogens with zero attached hydrogens (tertiary/aromatic N) is 1. The first-order valence-electron chi connectivity index (χ1n) is 7.23. The average molecular weight is 344 g/mol. The minimum absolute atomic E-state index is 0.222. The van der Waals surface area contributed by atoms with Gasteiger partial charge in [0.2, 0.25) is 0 Å². The van der Waals surface area contributed by atoms with Gasteiger partial charge in [-0.3, -0.25) is 10.1 Å². The highest BCUT2D eigenvalue weighted by Gasteiger charge is 2.15. The van der Waals surface area contributed by atoms with Crippen molar-refractivity contribution in [3.05, 3.63) is 70.1 Å². The molecule has 0 saturated heterocycles. The zero-order chi connectivity index (χ0) is 17.3. The van der Waals surface area contributed by atoms with E-state index in [0.29, 0.717) is 11.2 Å². The number of carbonyl (C=O) groups is 1. The van der Waals surface area contributed by atoms with E-state index in [9.17, 15) is 13.6 Å². The maximum Gasteiger partial charge on any atom is 0.260 e. The van der Waals surface area contributed by atoms with Crippen LogP contribution in [0.15, 0.2) is 41.8 Å². The number of amides is 1. The van der Waals surface area contributed by atoms with Crippen LogP contribution in [0.4, 0.5) is 13.9 Å². The molecule has 0 bridgehead atoms. The number of aryl methyl sites for hydroxylation is 2. The van der Waals surface area contributed by atoms with Crippen molar-refractivity contribution in [3.63, 3.8) is 0 Å². The van der Waals surface area contributed by atoms with Crippen molar-refractivity contribution in [2.45, 2.75) is 13.8 Å². The number of hydrogen-bond donors (Lipinski definition) is 1. The van der Waals surface area contributed by atoms with Crippen LogP contribution in [-0.4, -0.2) is 10.9 Å². The number of thiazole rings is 1. The van der Waals surface area contributed by atoms with Crippen molar-refractivity contribution in [2.75, 3.05) is 5.32 Å². The molecule has 1 heterocycles. The van der Waals surface area contributed by atoms with Crippen molar-refractivity contribution in [2.24, 2.45) is 0 Å². The topological polar surface area (TPSA) is 42.0 Å². The second-order valence-electron chi connectivity index (χ2n) is 5.43. The highest BCUT2D eigenvalue weighted by atomic mass is 32.1. The molecule has 0 radical (unpaired) electrons. The smallest absolute Gasteiger partial charge is 0.260 e. The predicted molar refractivity (Wildman–Crippen MR) is 91.3 cm³/mol. The first kappa shape index (κ1) is 16.3. The Hall–Kier alpha value is -2.60. The summed E-state index contributed by atoms with van der Waals surface area (Å²) in [7, 11) is 0. The van der Waals surface area contributed by atoms with E-state index in [2.05, 4.69) is 10.3 Å². The van der Waals surface area contributed by atoms with Gasteiger partial charge in [-0.1, -0.05) is 17.7 Å². The molecule has 0 aliphatic carbocycles. The lowest BCUT2D eigenvalue weighted by Crippen LogP contribution is -2.13. The van der Waals surface area contributed by atoms with Gasteiger partial charge in [0, 0.05) is 17.0 Å². The molecule has 0 aliphatic heterocycles. The fourth-order valence-corrected chi connectivity index (χ4v) is 3.01. The standard InChI is InChI=1S/C18H14F2N2OS/c1-10-3-4-11(2)14(7-10)16-9-24-18(21-16)22-17(23)13-6-5-12(19)8-15(13)20/h3-9H,1-2H3,(H,21,22,23). The summed E-state index contributed by atoms with van der Waals surface area (Å²) in [5, 5.41) is 4.74. The van der Waals surface area contributed by atoms with Crippen LogP contribution in [0.2, 0.25) is 0 Å². The van der Waals surface area contributed by atoms with E-state index in [1.807, 2.05) is 37.4 Å². The largest absolute Gasteiger partial charge is 0.298 e. The van der Waals surface area contributed by atoms with Crippen LogP contribution in [0.25, 0.3) is 11.3 Å². The normalized spacial score (nSPS) is 10.7. The highest BCUT2D eigenvalue weighted by Crippen LogP contribution is 2.28. The first-order valence-corrected chi connectivity index (χ1v) is 8.11. The summed E-state index contributed by atoms with van der Waals surface area (Å²) in [4.78, 5) is 16.5. The molecular weight excluding hydrogens is 330 g/mol. The molecular formula is C18H14F2N2OS. The molecule has 0 saturated carbocycles. The van der Waals surface area contributed by atoms with Crippen LogP contribution in [0, 0.1) is 25.5 Å². The molecule has 24 heavy (non-hydrogen) atoms. The van der Waals surface area contributed by atoms with Crippen LogP contribution in [0.1, 0.15) is 21.5 Å². The second-order valence-corrected chi connectivity index (χ2v) is 6.29. The first-order chi connectivity index (χ1) is 11.4. The molecule has 0 unspecified atom stereocenters. The summed E-state index contributed by atoms with van der Waals surface area (Å²) < 4.78 is 26.6. The number of carbonyl (C=O) groups excluding carboxylic acids is 1. The van der Waals surface area contributed by atoms with Gasteiger partial charge in [0.25, 0.3) is 5.91 Å². The molecule has 0 aliphatic rings. The molecule has 122 valence electrons. The number of halogens is 2. The molecule has 0 fully saturated rings. The van der Waals surface area contributed by atoms with E-state index < -0.39 is 17.5 Å². The summed E-state index contributed by atoms with van der Waals surface area (Å²) in [6.45, 7) is 3.98. The maximum absolute atomic E-state index is 13.7. The SMILES string of the molecule is Cc1ccc(C)c(-c2csc(NC(=O)c3ccc(F)cc3F)n2)c1. The lowest BCUT2D eigenvalue weighted by Gasteiger charge is -2.04. The van der Waals surface area contributed by atoms with Crippen LogP contribution < -0.4 is 5.32 Å². The third-order valence-corrected chi connectivity index (χ3v) is 4.33. The lowest BCUT2D eigenvalue weighted by molar-refractivity contribution is 0.102. The Morgan fingerprint density at radius 1 is 1.12 bits per heavy atom. The van der Waals surface area contributed by atoms with Gasteiger partial charge >= 0.3 is 0 Å². The van der Waals surface area contributed by atoms with Crippen molar-refractivity contribution < 1.29 is 13.6 Å². The Kier molecular flexibility index (Phi) is 4.40. The zero-order valence-electron chi connectivity index (χ0n) is 13.1. The van der Waals surface area contributed by atoms with Gasteiger partial charge < -0.3 is 0 Å². The van der Waals surface area contributed by atoms with Crippen molar-refractivity contribution in [1.29, 1.82) is 0 Å². The lowest BCUT2D eigenvalue weighted by atomic mass is 10.0. The van der Waals surface area contributed by atoms with E-state index in [0.717, 1.165) is 34.5 Å². The van der Waals surface area contributed by atoms with E-state index in [1.54, 1.807) is 0 Å². The van der Waals surface area contributed by atoms with Crippen LogP contribution >= 0.6 is 11.3 Å². The fraction of sp³-hybridized carbons (Fsp3) is 0.111. The summed E-state index contributed by atoms with van der Waals surface area (Å²) >= 11 is 1.25. The van der Waals surface area contributed by atoms with E-state index >= 15 is 0 Å². The molecule has 3 aromatic rings. The minimum Gasteiger partial charge on any atom is -0.298 e. The van der Waals surface area contributed by atoms with Gasteiger partial charge in [0.1, 0.15) is 11.6 Å². The number of rotatable bonds is 3. The monoisotopic (exact) mass is 344 g/mol. The van der Waals surface area contributed by atoms with Crippen molar-refractivity contribution in [1.82, 2.24) is 4.98 Å². The molecule has 6 heteroatoms. The number of hydrogen-bond acceptors (Lipinski definition) is 3. The molecule has 3 nitrogen and oxygen atoms in total. The summed E-state index contributed by atoms with van der Waals surface area (Å²) in [5.41, 5.74) is 3.70. The zero-order valence-corrected chi connectivity index (χ0v) is 13.9. The van der Waals surface area contributed by atoms with Gasteiger partial charge in [-0.05, 0) is 37.6 Å². The van der Waals surface area contributed by atoms with Crippen LogP contribution in [0.3, 0.4) is 0 Å². The third kappa shape index (κ3) is 3.33. The number of nitrogens with one attached hydrogen (secondary N) is 1. The van der Waals surface area contributed by atoms with Gasteiger partial charge in [0.05, 0.1) is 11.3 Å². The number of anilines is 1. The highest BCUT2D eigenvalue weighted by molar-refractivity contribution is 7.14. The quantitative estimate of drug-likeness (QED) is 0.730.